The largest absolute Gasteiger partial charge is 0.436 e. The highest BCUT2D eigenvalue weighted by molar-refractivity contribution is 9.10. The van der Waals surface area contributed by atoms with Gasteiger partial charge in [0, 0.05) is 31.4 Å². The fourth-order valence-corrected chi connectivity index (χ4v) is 2.82. The molecular formula is C15H19BrF3N5O. The smallest absolute Gasteiger partial charge is 0.356 e. The van der Waals surface area contributed by atoms with Crippen LogP contribution in [-0.4, -0.2) is 32.0 Å². The topological polar surface area (TPSA) is 64.7 Å². The van der Waals surface area contributed by atoms with Crippen LogP contribution in [0.15, 0.2) is 16.7 Å². The van der Waals surface area contributed by atoms with Gasteiger partial charge in [-0.1, -0.05) is 0 Å². The summed E-state index contributed by atoms with van der Waals surface area (Å²) < 4.78 is 41.3. The van der Waals surface area contributed by atoms with Crippen molar-refractivity contribution >= 4 is 21.8 Å². The van der Waals surface area contributed by atoms with E-state index in [9.17, 15) is 18.0 Å². The summed E-state index contributed by atoms with van der Waals surface area (Å²) in [5.74, 6) is -0.225. The van der Waals surface area contributed by atoms with E-state index in [4.69, 9.17) is 0 Å². The minimum absolute atomic E-state index is 0.0626. The third-order valence-corrected chi connectivity index (χ3v) is 4.70. The predicted molar refractivity (Wildman–Crippen MR) is 88.9 cm³/mol. The second-order valence-electron chi connectivity index (χ2n) is 5.62. The molecule has 0 unspecified atom stereocenters. The number of rotatable bonds is 7. The van der Waals surface area contributed by atoms with E-state index in [2.05, 4.69) is 31.4 Å². The molecule has 0 fully saturated rings. The highest BCUT2D eigenvalue weighted by Gasteiger charge is 2.37. The molecule has 2 aromatic rings. The Morgan fingerprint density at radius 1 is 1.28 bits per heavy atom. The first-order chi connectivity index (χ1) is 11.7. The van der Waals surface area contributed by atoms with Crippen LogP contribution >= 0.6 is 15.9 Å². The molecule has 0 bridgehead atoms. The number of halogens is 4. The van der Waals surface area contributed by atoms with Crippen LogP contribution in [0, 0.1) is 13.8 Å². The second-order valence-corrected chi connectivity index (χ2v) is 6.41. The zero-order valence-corrected chi connectivity index (χ0v) is 15.5. The Balaban J connectivity index is 1.77. The van der Waals surface area contributed by atoms with Crippen molar-refractivity contribution in [3.05, 3.63) is 33.8 Å². The lowest BCUT2D eigenvalue weighted by atomic mass is 10.3. The Kier molecular flexibility index (Phi) is 6.26. The number of nitrogens with zero attached hydrogens (tertiary/aromatic N) is 4. The highest BCUT2D eigenvalue weighted by Crippen LogP contribution is 2.35. The third-order valence-electron chi connectivity index (χ3n) is 3.75. The number of aryl methyl sites for hydroxylation is 3. The Hall–Kier alpha value is -1.84. The normalized spacial score (nSPS) is 11.8. The molecule has 2 rings (SSSR count). The molecule has 0 atom stereocenters. The predicted octanol–water partition coefficient (Wildman–Crippen LogP) is 3.07. The van der Waals surface area contributed by atoms with Gasteiger partial charge in [-0.3, -0.25) is 14.2 Å². The van der Waals surface area contributed by atoms with E-state index in [1.165, 1.54) is 11.6 Å². The van der Waals surface area contributed by atoms with Crippen molar-refractivity contribution in [3.63, 3.8) is 0 Å². The maximum absolute atomic E-state index is 12.8. The summed E-state index contributed by atoms with van der Waals surface area (Å²) in [4.78, 5) is 11.8. The molecule has 0 radical (unpaired) electrons. The molecule has 138 valence electrons. The fraction of sp³-hybridized carbons (Fsp3) is 0.533. The van der Waals surface area contributed by atoms with Gasteiger partial charge < -0.3 is 5.32 Å². The molecule has 2 heterocycles. The van der Waals surface area contributed by atoms with Crippen LogP contribution in [0.5, 0.6) is 0 Å². The van der Waals surface area contributed by atoms with Gasteiger partial charge in [0.2, 0.25) is 5.91 Å². The first-order valence-corrected chi connectivity index (χ1v) is 8.54. The number of aromatic nitrogens is 4. The van der Waals surface area contributed by atoms with Crippen LogP contribution in [0.25, 0.3) is 0 Å². The zero-order chi connectivity index (χ0) is 18.6. The van der Waals surface area contributed by atoms with Gasteiger partial charge in [0.25, 0.3) is 0 Å². The van der Waals surface area contributed by atoms with Crippen LogP contribution in [0.2, 0.25) is 0 Å². The molecule has 0 aliphatic carbocycles. The second kappa shape index (κ2) is 8.03. The van der Waals surface area contributed by atoms with Gasteiger partial charge in [0.05, 0.1) is 16.7 Å². The number of amides is 1. The fourth-order valence-electron chi connectivity index (χ4n) is 2.31. The lowest BCUT2D eigenvalue weighted by Gasteiger charge is -2.08. The molecule has 0 aliphatic heterocycles. The minimum Gasteiger partial charge on any atom is -0.356 e. The van der Waals surface area contributed by atoms with Crippen molar-refractivity contribution in [3.8, 4) is 0 Å². The average molecular weight is 422 g/mol. The van der Waals surface area contributed by atoms with E-state index in [0.29, 0.717) is 18.8 Å². The van der Waals surface area contributed by atoms with Crippen LogP contribution in [0.3, 0.4) is 0 Å². The number of hydrogen-bond donors (Lipinski definition) is 1. The van der Waals surface area contributed by atoms with Crippen LogP contribution < -0.4 is 5.32 Å². The quantitative estimate of drug-likeness (QED) is 0.698. The monoisotopic (exact) mass is 421 g/mol. The van der Waals surface area contributed by atoms with Gasteiger partial charge in [0.15, 0.2) is 5.69 Å². The summed E-state index contributed by atoms with van der Waals surface area (Å²) in [5, 5.41) is 10.4. The first kappa shape index (κ1) is 19.5. The van der Waals surface area contributed by atoms with Gasteiger partial charge in [-0.25, -0.2) is 0 Å². The molecule has 2 aromatic heterocycles. The van der Waals surface area contributed by atoms with E-state index in [1.54, 1.807) is 6.20 Å². The van der Waals surface area contributed by atoms with Crippen LogP contribution in [0.4, 0.5) is 13.2 Å². The van der Waals surface area contributed by atoms with Gasteiger partial charge in [-0.2, -0.15) is 23.4 Å². The van der Waals surface area contributed by atoms with Crippen molar-refractivity contribution in [1.29, 1.82) is 0 Å². The molecule has 1 N–H and O–H groups in total. The maximum Gasteiger partial charge on any atom is 0.436 e. The Labute approximate surface area is 151 Å². The molecule has 25 heavy (non-hydrogen) atoms. The molecule has 0 aromatic carbocycles. The minimum atomic E-state index is -4.53. The summed E-state index contributed by atoms with van der Waals surface area (Å²) in [6, 6.07) is 1.90. The highest BCUT2D eigenvalue weighted by atomic mass is 79.9. The van der Waals surface area contributed by atoms with E-state index in [0.717, 1.165) is 12.1 Å². The van der Waals surface area contributed by atoms with Crippen molar-refractivity contribution < 1.29 is 18.0 Å². The molecule has 1 amide bonds. The lowest BCUT2D eigenvalue weighted by Crippen LogP contribution is -2.26. The molecule has 6 nitrogen and oxygen atoms in total. The van der Waals surface area contributed by atoms with Crippen molar-refractivity contribution in [2.45, 2.75) is 46.0 Å². The van der Waals surface area contributed by atoms with E-state index in [-0.39, 0.29) is 23.3 Å². The van der Waals surface area contributed by atoms with Gasteiger partial charge in [-0.05, 0) is 42.3 Å². The van der Waals surface area contributed by atoms with Crippen LogP contribution in [0.1, 0.15) is 29.9 Å². The Bertz CT molecular complexity index is 738. The number of hydrogen-bond acceptors (Lipinski definition) is 3. The molecule has 0 spiro atoms. The number of carbonyl (C=O) groups is 1. The molecule has 10 heteroatoms. The van der Waals surface area contributed by atoms with Crippen LogP contribution in [-0.2, 0) is 24.1 Å². The average Bonchev–Trinajstić information content (AvgIpc) is 3.06. The van der Waals surface area contributed by atoms with E-state index < -0.39 is 11.9 Å². The third kappa shape index (κ3) is 5.07. The van der Waals surface area contributed by atoms with Crippen molar-refractivity contribution in [1.82, 2.24) is 24.9 Å². The standard InChI is InChI=1S/C15H19BrF3N5O/c1-10-4-7-21-23(10)8-3-6-20-12(25)5-9-24-11(2)13(16)14(22-24)15(17,18)19/h4,7H,3,5-6,8-9H2,1-2H3,(H,20,25). The zero-order valence-electron chi connectivity index (χ0n) is 13.9. The summed E-state index contributed by atoms with van der Waals surface area (Å²) in [5.41, 5.74) is 0.417. The van der Waals surface area contributed by atoms with Gasteiger partial charge in [0.1, 0.15) is 0 Å². The number of nitrogens with one attached hydrogen (secondary N) is 1. The number of carbonyl (C=O) groups excluding carboxylic acids is 1. The lowest BCUT2D eigenvalue weighted by molar-refractivity contribution is -0.142. The van der Waals surface area contributed by atoms with Crippen molar-refractivity contribution in [2.75, 3.05) is 6.54 Å². The molecule has 0 saturated carbocycles. The summed E-state index contributed by atoms with van der Waals surface area (Å²) in [6.07, 6.45) is -2.03. The van der Waals surface area contributed by atoms with E-state index in [1.807, 2.05) is 17.7 Å². The van der Waals surface area contributed by atoms with E-state index >= 15 is 0 Å². The first-order valence-electron chi connectivity index (χ1n) is 7.75. The molecular weight excluding hydrogens is 403 g/mol. The van der Waals surface area contributed by atoms with Gasteiger partial charge >= 0.3 is 6.18 Å². The summed E-state index contributed by atoms with van der Waals surface area (Å²) in [6.45, 7) is 4.74. The summed E-state index contributed by atoms with van der Waals surface area (Å²) >= 11 is 2.91. The van der Waals surface area contributed by atoms with Crippen molar-refractivity contribution in [2.24, 2.45) is 0 Å². The number of alkyl halides is 3. The summed E-state index contributed by atoms with van der Waals surface area (Å²) in [7, 11) is 0. The Morgan fingerprint density at radius 2 is 2.00 bits per heavy atom. The van der Waals surface area contributed by atoms with Gasteiger partial charge in [-0.15, -0.1) is 0 Å². The maximum atomic E-state index is 12.8. The molecule has 0 saturated heterocycles. The molecule has 0 aliphatic rings. The Morgan fingerprint density at radius 3 is 2.56 bits per heavy atom. The SMILES string of the molecule is Cc1ccnn1CCCNC(=O)CCn1nc(C(F)(F)F)c(Br)c1C.